The number of amides is 2. The van der Waals surface area contributed by atoms with Crippen molar-refractivity contribution in [2.24, 2.45) is 10.4 Å². The lowest BCUT2D eigenvalue weighted by Crippen LogP contribution is -2.50. The molecule has 0 saturated carbocycles. The average molecular weight is 677 g/mol. The van der Waals surface area contributed by atoms with Crippen LogP contribution in [-0.4, -0.2) is 50.3 Å². The molecule has 0 spiro atoms. The number of aliphatic hydroxyl groups excluding tert-OH is 2. The second-order valence-electron chi connectivity index (χ2n) is 13.3. The van der Waals surface area contributed by atoms with Crippen molar-refractivity contribution < 1.29 is 15.0 Å². The Bertz CT molecular complexity index is 1560. The van der Waals surface area contributed by atoms with Gasteiger partial charge in [-0.05, 0) is 59.1 Å². The number of aliphatic hydroxyl groups is 2. The summed E-state index contributed by atoms with van der Waals surface area (Å²) < 4.78 is 0. The molecular formula is C41H48N4O5. The monoisotopic (exact) mass is 676 g/mol. The van der Waals surface area contributed by atoms with Crippen LogP contribution in [0.3, 0.4) is 0 Å². The molecule has 0 radical (unpaired) electrons. The van der Waals surface area contributed by atoms with Crippen molar-refractivity contribution in [1.82, 2.24) is 9.80 Å². The van der Waals surface area contributed by atoms with Gasteiger partial charge in [0, 0.05) is 13.1 Å². The summed E-state index contributed by atoms with van der Waals surface area (Å²) in [4.78, 5) is 41.9. The first-order valence-corrected chi connectivity index (χ1v) is 17.7. The third kappa shape index (κ3) is 8.89. The number of benzene rings is 4. The zero-order chi connectivity index (χ0) is 35.5. The van der Waals surface area contributed by atoms with Gasteiger partial charge in [0.1, 0.15) is 24.3 Å². The van der Waals surface area contributed by atoms with Crippen LogP contribution >= 0.6 is 0 Å². The SMILES string of the molecule is CCCC(N=O)c1cccc(CN2C(=O)N(Cc3cccc(C(CCC)N=O)c3)[C@H](Cc3ccccc3)[C@H](O)[C@@H](O)[C@H]2Cc2ccccc2)c1. The summed E-state index contributed by atoms with van der Waals surface area (Å²) in [7, 11) is 0. The largest absolute Gasteiger partial charge is 0.388 e. The van der Waals surface area contributed by atoms with Crippen LogP contribution in [0.5, 0.6) is 0 Å². The molecule has 0 aromatic heterocycles. The fraction of sp³-hybridized carbons (Fsp3) is 0.390. The van der Waals surface area contributed by atoms with E-state index in [1.54, 1.807) is 9.80 Å². The Morgan fingerprint density at radius 2 is 0.960 bits per heavy atom. The molecule has 0 aliphatic carbocycles. The Hall–Kier alpha value is -4.73. The van der Waals surface area contributed by atoms with E-state index in [0.29, 0.717) is 25.7 Å². The molecule has 0 bridgehead atoms. The summed E-state index contributed by atoms with van der Waals surface area (Å²) in [6, 6.07) is 31.6. The maximum atomic E-state index is 15.1. The van der Waals surface area contributed by atoms with Gasteiger partial charge >= 0.3 is 6.03 Å². The number of hydrogen-bond acceptors (Lipinski definition) is 7. The maximum Gasteiger partial charge on any atom is 0.321 e. The van der Waals surface area contributed by atoms with Gasteiger partial charge in [0.05, 0.1) is 12.1 Å². The van der Waals surface area contributed by atoms with Gasteiger partial charge < -0.3 is 20.0 Å². The average Bonchev–Trinajstić information content (AvgIpc) is 3.21. The van der Waals surface area contributed by atoms with Crippen LogP contribution in [0.1, 0.15) is 85.0 Å². The molecule has 1 heterocycles. The number of nitrogens with zero attached hydrogens (tertiary/aromatic N) is 4. The van der Waals surface area contributed by atoms with Gasteiger partial charge in [0.2, 0.25) is 0 Å². The van der Waals surface area contributed by atoms with Gasteiger partial charge in [-0.1, -0.05) is 146 Å². The zero-order valence-electron chi connectivity index (χ0n) is 28.9. The first kappa shape index (κ1) is 36.5. The minimum absolute atomic E-state index is 0.147. The summed E-state index contributed by atoms with van der Waals surface area (Å²) in [6.45, 7) is 4.31. The summed E-state index contributed by atoms with van der Waals surface area (Å²) in [5.41, 5.74) is 5.00. The van der Waals surface area contributed by atoms with Crippen LogP contribution in [0.4, 0.5) is 4.79 Å². The predicted octanol–water partition coefficient (Wildman–Crippen LogP) is 8.28. The molecule has 50 heavy (non-hydrogen) atoms. The molecule has 2 unspecified atom stereocenters. The van der Waals surface area contributed by atoms with Crippen molar-refractivity contribution >= 4 is 6.03 Å². The van der Waals surface area contributed by atoms with Crippen LogP contribution in [0.25, 0.3) is 0 Å². The van der Waals surface area contributed by atoms with Crippen molar-refractivity contribution in [3.63, 3.8) is 0 Å². The zero-order valence-corrected chi connectivity index (χ0v) is 28.9. The lowest BCUT2D eigenvalue weighted by molar-refractivity contribution is -0.0408. The molecule has 6 atom stereocenters. The predicted molar refractivity (Wildman–Crippen MR) is 196 cm³/mol. The Balaban J connectivity index is 1.59. The standard InChI is InChI=1S/C41H48N4O5/c1-3-13-35(42-49)33-21-11-19-31(23-33)27-44-37(25-29-15-7-5-8-16-29)39(46)40(47)38(26-30-17-9-6-10-18-30)45(41(44)48)28-32-20-12-22-34(24-32)36(43-50)14-4-2/h5-12,15-24,35-40,46-47H,3-4,13-14,25-28H2,1-2H3/t35?,36?,37-,38-,39+,40+/m1/s1. The van der Waals surface area contributed by atoms with Crippen LogP contribution in [0, 0.1) is 9.81 Å². The molecule has 1 aliphatic rings. The van der Waals surface area contributed by atoms with Crippen LogP contribution in [0.15, 0.2) is 120 Å². The highest BCUT2D eigenvalue weighted by atomic mass is 16.3. The van der Waals surface area contributed by atoms with Crippen LogP contribution in [0.2, 0.25) is 0 Å². The highest BCUT2D eigenvalue weighted by Crippen LogP contribution is 2.32. The lowest BCUT2D eigenvalue weighted by Gasteiger charge is -2.36. The number of carbonyl (C=O) groups excluding carboxylic acids is 1. The molecule has 2 N–H and O–H groups in total. The third-order valence-corrected chi connectivity index (χ3v) is 9.76. The number of hydrogen-bond donors (Lipinski definition) is 2. The summed E-state index contributed by atoms with van der Waals surface area (Å²) in [6.07, 6.45) is 0.933. The van der Waals surface area contributed by atoms with Crippen molar-refractivity contribution in [2.45, 2.75) is 102 Å². The second-order valence-corrected chi connectivity index (χ2v) is 13.3. The summed E-state index contributed by atoms with van der Waals surface area (Å²) in [5.74, 6) is 0. The van der Waals surface area contributed by atoms with E-state index in [1.807, 2.05) is 123 Å². The van der Waals surface area contributed by atoms with Crippen molar-refractivity contribution in [2.75, 3.05) is 0 Å². The second kappa shape index (κ2) is 17.8. The van der Waals surface area contributed by atoms with Crippen molar-refractivity contribution in [1.29, 1.82) is 0 Å². The highest BCUT2D eigenvalue weighted by molar-refractivity contribution is 5.76. The smallest absolute Gasteiger partial charge is 0.321 e. The van der Waals surface area contributed by atoms with Gasteiger partial charge in [0.15, 0.2) is 0 Å². The normalized spacial score (nSPS) is 20.6. The Kier molecular flexibility index (Phi) is 13.0. The molecule has 1 aliphatic heterocycles. The van der Waals surface area contributed by atoms with E-state index in [1.165, 1.54) is 0 Å². The van der Waals surface area contributed by atoms with Gasteiger partial charge in [0.25, 0.3) is 0 Å². The Morgan fingerprint density at radius 3 is 1.32 bits per heavy atom. The van der Waals surface area contributed by atoms with Gasteiger partial charge in [-0.3, -0.25) is 0 Å². The van der Waals surface area contributed by atoms with Gasteiger partial charge in [-0.2, -0.15) is 9.81 Å². The molecule has 9 nitrogen and oxygen atoms in total. The molecule has 1 saturated heterocycles. The Morgan fingerprint density at radius 1 is 0.580 bits per heavy atom. The topological polar surface area (TPSA) is 123 Å². The molecule has 4 aromatic carbocycles. The first-order chi connectivity index (χ1) is 24.4. The molecule has 262 valence electrons. The molecule has 4 aromatic rings. The number of urea groups is 1. The van der Waals surface area contributed by atoms with E-state index in [4.69, 9.17) is 0 Å². The number of rotatable bonds is 16. The summed E-state index contributed by atoms with van der Waals surface area (Å²) in [5, 5.41) is 30.9. The van der Waals surface area contributed by atoms with E-state index < -0.39 is 36.4 Å². The Labute approximate surface area is 294 Å². The molecule has 9 heteroatoms. The quantitative estimate of drug-likeness (QED) is 0.116. The molecule has 2 amide bonds. The van der Waals surface area contributed by atoms with E-state index in [2.05, 4.69) is 10.4 Å². The summed E-state index contributed by atoms with van der Waals surface area (Å²) >= 11 is 0. The fourth-order valence-electron chi connectivity index (χ4n) is 7.11. The number of nitroso groups, excluding NO2 is 2. The number of carbonyl (C=O) groups is 1. The minimum Gasteiger partial charge on any atom is -0.388 e. The first-order valence-electron chi connectivity index (χ1n) is 17.7. The van der Waals surface area contributed by atoms with Gasteiger partial charge in [-0.15, -0.1) is 0 Å². The van der Waals surface area contributed by atoms with E-state index in [9.17, 15) is 20.0 Å². The minimum atomic E-state index is -1.27. The lowest BCUT2D eigenvalue weighted by atomic mass is 9.90. The molecular weight excluding hydrogens is 628 g/mol. The van der Waals surface area contributed by atoms with Crippen molar-refractivity contribution in [3.05, 3.63) is 152 Å². The van der Waals surface area contributed by atoms with Crippen LogP contribution < -0.4 is 0 Å². The molecule has 1 fully saturated rings. The van der Waals surface area contributed by atoms with Crippen molar-refractivity contribution in [3.8, 4) is 0 Å². The molecule has 5 rings (SSSR count). The van der Waals surface area contributed by atoms with E-state index >= 15 is 4.79 Å². The fourth-order valence-corrected chi connectivity index (χ4v) is 7.11. The maximum absolute atomic E-state index is 15.1. The third-order valence-electron chi connectivity index (χ3n) is 9.76. The van der Waals surface area contributed by atoms with Crippen LogP contribution in [-0.2, 0) is 25.9 Å². The van der Waals surface area contributed by atoms with E-state index in [0.717, 1.165) is 46.2 Å². The van der Waals surface area contributed by atoms with E-state index in [-0.39, 0.29) is 19.1 Å². The van der Waals surface area contributed by atoms with Gasteiger partial charge in [-0.25, -0.2) is 4.79 Å². The highest BCUT2D eigenvalue weighted by Gasteiger charge is 2.46.